The molecule has 1 aromatic heterocycles. The number of ether oxygens (including phenoxy) is 2. The van der Waals surface area contributed by atoms with Crippen LogP contribution in [0.1, 0.15) is 107 Å². The first-order chi connectivity index (χ1) is 27.8. The van der Waals surface area contributed by atoms with Gasteiger partial charge in [0.1, 0.15) is 29.9 Å². The molecule has 0 spiro atoms. The van der Waals surface area contributed by atoms with E-state index in [9.17, 15) is 33.6 Å². The predicted octanol–water partition coefficient (Wildman–Crippen LogP) is 5.45. The van der Waals surface area contributed by atoms with Crippen molar-refractivity contribution in [1.29, 1.82) is 0 Å². The summed E-state index contributed by atoms with van der Waals surface area (Å²) in [4.78, 5) is 94.3. The van der Waals surface area contributed by atoms with E-state index in [1.165, 1.54) is 19.1 Å². The molecule has 0 fully saturated rings. The first-order valence-corrected chi connectivity index (χ1v) is 19.5. The quantitative estimate of drug-likeness (QED) is 0.0294. The maximum absolute atomic E-state index is 13.4. The third-order valence-corrected chi connectivity index (χ3v) is 8.82. The number of esters is 1. The van der Waals surface area contributed by atoms with Gasteiger partial charge in [-0.3, -0.25) is 24.0 Å². The normalized spacial score (nSPS) is 12.3. The van der Waals surface area contributed by atoms with E-state index in [4.69, 9.17) is 18.7 Å². The fourth-order valence-electron chi connectivity index (χ4n) is 6.01. The van der Waals surface area contributed by atoms with Crippen LogP contribution in [0.4, 0.5) is 4.79 Å². The number of hydrogen-bond acceptors (Lipinski definition) is 11. The summed E-state index contributed by atoms with van der Waals surface area (Å²) < 4.78 is 17.0. The van der Waals surface area contributed by atoms with Gasteiger partial charge in [0.25, 0.3) is 11.8 Å². The zero-order chi connectivity index (χ0) is 42.6. The Morgan fingerprint density at radius 1 is 0.879 bits per heavy atom. The Bertz CT molecular complexity index is 1850. The highest BCUT2D eigenvalue weighted by atomic mass is 16.7. The molecule has 16 nitrogen and oxygen atoms in total. The van der Waals surface area contributed by atoms with Crippen LogP contribution >= 0.6 is 0 Å². The van der Waals surface area contributed by atoms with Crippen LogP contribution < -0.4 is 26.0 Å². The minimum atomic E-state index is -1.23. The summed E-state index contributed by atoms with van der Waals surface area (Å²) in [5.74, 6) is -3.17. The standard InChI is InChI=1S/C42H55N5O11/c1-7-10-12-17-31(34(8-2)47(26-48)58-42(54)45-27(4)5)38(50)43-25-44-40(52)36-21-20-35(57-36)30-18-19-32(37(23-30)55-9-3)39(51)46-33(22-28(6)49)41(53)56-24-29-15-13-11-14-16-29/h11,13-16,18-21,23,26-27,31,33-34H,7-10,12,17,22,24-25H2,1-6H3,(H,43,50)(H,44,52)(H,45,54)(H,46,51)/t31-,33+,34-/m1/s1. The molecule has 0 radical (unpaired) electrons. The van der Waals surface area contributed by atoms with Crippen LogP contribution in [-0.4, -0.2) is 78.4 Å². The number of amides is 5. The molecule has 0 saturated carbocycles. The third kappa shape index (κ3) is 14.4. The van der Waals surface area contributed by atoms with E-state index in [-0.39, 0.29) is 61.0 Å². The minimum absolute atomic E-state index is 0.0299. The van der Waals surface area contributed by atoms with Crippen LogP contribution in [0.15, 0.2) is 65.1 Å². The number of hydrogen-bond donors (Lipinski definition) is 4. The number of hydroxylamine groups is 2. The van der Waals surface area contributed by atoms with E-state index in [0.29, 0.717) is 31.2 Å². The van der Waals surface area contributed by atoms with Crippen molar-refractivity contribution in [2.45, 2.75) is 105 Å². The van der Waals surface area contributed by atoms with Crippen LogP contribution in [0.5, 0.6) is 5.75 Å². The van der Waals surface area contributed by atoms with Gasteiger partial charge in [0.2, 0.25) is 12.3 Å². The summed E-state index contributed by atoms with van der Waals surface area (Å²) in [6, 6.07) is 14.4. The van der Waals surface area contributed by atoms with Gasteiger partial charge in [0, 0.05) is 18.0 Å². The van der Waals surface area contributed by atoms with E-state index in [2.05, 4.69) is 21.3 Å². The number of nitrogens with one attached hydrogen (secondary N) is 4. The first-order valence-electron chi connectivity index (χ1n) is 19.5. The smallest absolute Gasteiger partial charge is 0.431 e. The molecule has 1 heterocycles. The summed E-state index contributed by atoms with van der Waals surface area (Å²) in [5, 5.41) is 11.3. The second-order valence-electron chi connectivity index (χ2n) is 13.8. The highest BCUT2D eigenvalue weighted by Crippen LogP contribution is 2.29. The van der Waals surface area contributed by atoms with Crippen LogP contribution in [0.2, 0.25) is 0 Å². The number of rotatable bonds is 24. The van der Waals surface area contributed by atoms with E-state index >= 15 is 0 Å². The number of benzene rings is 2. The van der Waals surface area contributed by atoms with Crippen LogP contribution in [0.3, 0.4) is 0 Å². The summed E-state index contributed by atoms with van der Waals surface area (Å²) in [6.07, 6.45) is 2.47. The van der Waals surface area contributed by atoms with Crippen molar-refractivity contribution in [2.75, 3.05) is 13.3 Å². The van der Waals surface area contributed by atoms with E-state index in [1.807, 2.05) is 13.0 Å². The molecule has 2 aromatic carbocycles. The molecule has 314 valence electrons. The fourth-order valence-corrected chi connectivity index (χ4v) is 6.01. The van der Waals surface area contributed by atoms with Crippen LogP contribution in [-0.2, 0) is 35.4 Å². The van der Waals surface area contributed by atoms with E-state index in [1.54, 1.807) is 70.2 Å². The Kier molecular flexibility index (Phi) is 18.9. The lowest BCUT2D eigenvalue weighted by Gasteiger charge is -2.32. The van der Waals surface area contributed by atoms with Gasteiger partial charge < -0.3 is 40.0 Å². The molecule has 0 bridgehead atoms. The Hall–Kier alpha value is -6.19. The van der Waals surface area contributed by atoms with Gasteiger partial charge in [-0.15, -0.1) is 0 Å². The molecule has 3 rings (SSSR count). The van der Waals surface area contributed by atoms with E-state index < -0.39 is 47.8 Å². The molecule has 58 heavy (non-hydrogen) atoms. The lowest BCUT2D eigenvalue weighted by atomic mass is 9.90. The summed E-state index contributed by atoms with van der Waals surface area (Å²) in [5.41, 5.74) is 1.31. The molecule has 3 aromatic rings. The highest BCUT2D eigenvalue weighted by molar-refractivity contribution is 6.00. The molecule has 16 heteroatoms. The SMILES string of the molecule is CCCCC[C@@H](C(=O)NCNC(=O)c1ccc(-c2ccc(C(=O)N[C@@H](CC(C)=O)C(=O)OCc3ccccc3)c(OCC)c2)o1)[C@@H](CC)N(C=O)OC(=O)NC(C)C. The number of carbonyl (C=O) groups is 7. The topological polar surface area (TPSA) is 212 Å². The molecule has 0 aliphatic rings. The number of Topliss-reactive ketones (excluding diaryl/α,β-unsaturated/α-hetero) is 1. The van der Waals surface area contributed by atoms with Crippen molar-refractivity contribution >= 4 is 42.0 Å². The van der Waals surface area contributed by atoms with Gasteiger partial charge in [-0.2, -0.15) is 5.06 Å². The maximum atomic E-state index is 13.4. The largest absolute Gasteiger partial charge is 0.493 e. The zero-order valence-electron chi connectivity index (χ0n) is 34.0. The van der Waals surface area contributed by atoms with Gasteiger partial charge in [0.15, 0.2) is 5.76 Å². The van der Waals surface area contributed by atoms with Gasteiger partial charge in [0.05, 0.1) is 30.8 Å². The maximum Gasteiger partial charge on any atom is 0.431 e. The summed E-state index contributed by atoms with van der Waals surface area (Å²) >= 11 is 0. The van der Waals surface area contributed by atoms with Gasteiger partial charge >= 0.3 is 12.1 Å². The zero-order valence-corrected chi connectivity index (χ0v) is 34.0. The van der Waals surface area contributed by atoms with Crippen molar-refractivity contribution in [3.05, 3.63) is 77.6 Å². The van der Waals surface area contributed by atoms with Crippen molar-refractivity contribution < 1.29 is 52.3 Å². The first kappa shape index (κ1) is 46.2. The molecule has 4 N–H and O–H groups in total. The average molecular weight is 806 g/mol. The monoisotopic (exact) mass is 805 g/mol. The van der Waals surface area contributed by atoms with Gasteiger partial charge in [-0.1, -0.05) is 69.5 Å². The predicted molar refractivity (Wildman–Crippen MR) is 213 cm³/mol. The Morgan fingerprint density at radius 3 is 2.26 bits per heavy atom. The van der Waals surface area contributed by atoms with Crippen LogP contribution in [0, 0.1) is 5.92 Å². The summed E-state index contributed by atoms with van der Waals surface area (Å²) in [6.45, 7) is 10.2. The van der Waals surface area contributed by atoms with Crippen molar-refractivity contribution in [3.63, 3.8) is 0 Å². The number of ketones is 1. The second-order valence-corrected chi connectivity index (χ2v) is 13.8. The molecule has 5 amide bonds. The second kappa shape index (κ2) is 23.8. The fraction of sp³-hybridized carbons (Fsp3) is 0.452. The number of furan rings is 1. The van der Waals surface area contributed by atoms with Crippen LogP contribution in [0.25, 0.3) is 11.3 Å². The highest BCUT2D eigenvalue weighted by Gasteiger charge is 2.34. The molecule has 3 atom stereocenters. The molecule has 0 aliphatic carbocycles. The Labute approximate surface area is 338 Å². The van der Waals surface area contributed by atoms with Crippen molar-refractivity contribution in [3.8, 4) is 17.1 Å². The Morgan fingerprint density at radius 2 is 1.62 bits per heavy atom. The molecule has 0 aliphatic heterocycles. The number of unbranched alkanes of at least 4 members (excludes halogenated alkanes) is 2. The van der Waals surface area contributed by atoms with Crippen molar-refractivity contribution in [1.82, 2.24) is 26.3 Å². The minimum Gasteiger partial charge on any atom is -0.493 e. The van der Waals surface area contributed by atoms with Gasteiger partial charge in [-0.25, -0.2) is 9.59 Å². The van der Waals surface area contributed by atoms with Crippen molar-refractivity contribution in [2.24, 2.45) is 5.92 Å². The molecular weight excluding hydrogens is 750 g/mol. The summed E-state index contributed by atoms with van der Waals surface area (Å²) in [7, 11) is 0. The van der Waals surface area contributed by atoms with E-state index in [0.717, 1.165) is 23.5 Å². The third-order valence-electron chi connectivity index (χ3n) is 8.82. The molecular formula is C42H55N5O11. The molecule has 0 unspecified atom stereocenters. The Balaban J connectivity index is 1.68. The van der Waals surface area contributed by atoms with Gasteiger partial charge in [-0.05, 0) is 70.4 Å². The molecule has 0 saturated heterocycles. The lowest BCUT2D eigenvalue weighted by Crippen LogP contribution is -2.50. The lowest BCUT2D eigenvalue weighted by molar-refractivity contribution is -0.169. The average Bonchev–Trinajstić information content (AvgIpc) is 3.69. The number of nitrogens with zero attached hydrogens (tertiary/aromatic N) is 1. The number of carbonyl (C=O) groups excluding carboxylic acids is 7.